The van der Waals surface area contributed by atoms with Crippen molar-refractivity contribution < 1.29 is 9.32 Å². The van der Waals surface area contributed by atoms with E-state index in [-0.39, 0.29) is 6.03 Å². The number of hydrogen-bond donors (Lipinski definition) is 2. The fourth-order valence-electron chi connectivity index (χ4n) is 2.91. The number of rotatable bonds is 6. The summed E-state index contributed by atoms with van der Waals surface area (Å²) in [4.78, 5) is 16.0. The van der Waals surface area contributed by atoms with Crippen LogP contribution in [0.2, 0.25) is 0 Å². The van der Waals surface area contributed by atoms with Crippen LogP contribution >= 0.6 is 0 Å². The number of aryl methyl sites for hydroxylation is 1. The lowest BCUT2D eigenvalue weighted by Crippen LogP contribution is -2.43. The topological polar surface area (TPSA) is 80.0 Å². The van der Waals surface area contributed by atoms with Crippen LogP contribution in [0.15, 0.2) is 4.52 Å². The van der Waals surface area contributed by atoms with Gasteiger partial charge in [-0.25, -0.2) is 4.79 Å². The van der Waals surface area contributed by atoms with Crippen molar-refractivity contribution in [3.8, 4) is 0 Å². The van der Waals surface area contributed by atoms with Gasteiger partial charge in [0.2, 0.25) is 5.89 Å². The van der Waals surface area contributed by atoms with Crippen molar-refractivity contribution in [2.45, 2.75) is 65.5 Å². The van der Waals surface area contributed by atoms with E-state index in [1.54, 1.807) is 6.92 Å². The Morgan fingerprint density at radius 3 is 2.90 bits per heavy atom. The molecular formula is C15H26N4O2. The van der Waals surface area contributed by atoms with E-state index >= 15 is 0 Å². The first kappa shape index (κ1) is 15.8. The molecule has 1 aliphatic carbocycles. The molecular weight excluding hydrogens is 268 g/mol. The minimum absolute atomic E-state index is 0.140. The molecule has 0 bridgehead atoms. The second kappa shape index (κ2) is 7.43. The minimum atomic E-state index is -0.140. The lowest BCUT2D eigenvalue weighted by molar-refractivity contribution is 0.231. The van der Waals surface area contributed by atoms with Gasteiger partial charge in [-0.15, -0.1) is 0 Å². The lowest BCUT2D eigenvalue weighted by Gasteiger charge is -2.21. The van der Waals surface area contributed by atoms with Crippen molar-refractivity contribution >= 4 is 6.03 Å². The molecule has 0 aliphatic heterocycles. The molecule has 2 N–H and O–H groups in total. The minimum Gasteiger partial charge on any atom is -0.340 e. The summed E-state index contributed by atoms with van der Waals surface area (Å²) in [6.45, 7) is 6.52. The van der Waals surface area contributed by atoms with Crippen molar-refractivity contribution in [2.75, 3.05) is 0 Å². The Labute approximate surface area is 126 Å². The fourth-order valence-corrected chi connectivity index (χ4v) is 2.91. The molecule has 1 fully saturated rings. The van der Waals surface area contributed by atoms with Gasteiger partial charge in [0, 0.05) is 13.0 Å². The van der Waals surface area contributed by atoms with Crippen LogP contribution in [0, 0.1) is 18.8 Å². The van der Waals surface area contributed by atoms with Gasteiger partial charge < -0.3 is 15.2 Å². The Kier molecular flexibility index (Phi) is 5.59. The molecule has 21 heavy (non-hydrogen) atoms. The molecule has 2 amide bonds. The van der Waals surface area contributed by atoms with Gasteiger partial charge >= 0.3 is 6.03 Å². The van der Waals surface area contributed by atoms with Crippen LogP contribution in [0.4, 0.5) is 4.79 Å². The van der Waals surface area contributed by atoms with E-state index in [4.69, 9.17) is 4.52 Å². The van der Waals surface area contributed by atoms with E-state index in [0.717, 1.165) is 12.3 Å². The number of carbonyl (C=O) groups excluding carboxylic acids is 1. The number of nitrogens with one attached hydrogen (secondary N) is 2. The Hall–Kier alpha value is -1.59. The zero-order valence-corrected chi connectivity index (χ0v) is 13.2. The molecule has 1 aromatic heterocycles. The average molecular weight is 294 g/mol. The number of aromatic nitrogens is 2. The molecule has 2 rings (SSSR count). The van der Waals surface area contributed by atoms with E-state index in [9.17, 15) is 4.79 Å². The fraction of sp³-hybridized carbons (Fsp3) is 0.800. The molecule has 0 saturated heterocycles. The Balaban J connectivity index is 1.73. The average Bonchev–Trinajstić information content (AvgIpc) is 3.03. The third-order valence-corrected chi connectivity index (χ3v) is 4.07. The summed E-state index contributed by atoms with van der Waals surface area (Å²) in [6, 6.07) is 0.162. The molecule has 0 spiro atoms. The predicted octanol–water partition coefficient (Wildman–Crippen LogP) is 2.78. The summed E-state index contributed by atoms with van der Waals surface area (Å²) in [7, 11) is 0. The molecule has 2 atom stereocenters. The van der Waals surface area contributed by atoms with Crippen molar-refractivity contribution in [3.05, 3.63) is 11.7 Å². The van der Waals surface area contributed by atoms with E-state index in [1.807, 2.05) is 0 Å². The molecule has 0 aromatic carbocycles. The van der Waals surface area contributed by atoms with E-state index < -0.39 is 0 Å². The van der Waals surface area contributed by atoms with Gasteiger partial charge in [0.1, 0.15) is 0 Å². The summed E-state index contributed by atoms with van der Waals surface area (Å²) < 4.78 is 4.87. The van der Waals surface area contributed by atoms with E-state index in [1.165, 1.54) is 25.7 Å². The van der Waals surface area contributed by atoms with E-state index in [2.05, 4.69) is 34.6 Å². The third kappa shape index (κ3) is 5.02. The highest BCUT2D eigenvalue weighted by atomic mass is 16.5. The van der Waals surface area contributed by atoms with Gasteiger partial charge in [0.25, 0.3) is 0 Å². The maximum Gasteiger partial charge on any atom is 0.315 e. The predicted molar refractivity (Wildman–Crippen MR) is 79.6 cm³/mol. The lowest BCUT2D eigenvalue weighted by atomic mass is 9.94. The molecule has 6 heteroatoms. The maximum atomic E-state index is 12.0. The van der Waals surface area contributed by atoms with Crippen molar-refractivity contribution in [3.63, 3.8) is 0 Å². The van der Waals surface area contributed by atoms with Crippen LogP contribution in [-0.4, -0.2) is 22.2 Å². The Morgan fingerprint density at radius 1 is 1.43 bits per heavy atom. The summed E-state index contributed by atoms with van der Waals surface area (Å²) in [5.41, 5.74) is 0. The van der Waals surface area contributed by atoms with Crippen molar-refractivity contribution in [2.24, 2.45) is 11.8 Å². The zero-order chi connectivity index (χ0) is 15.2. The summed E-state index contributed by atoms with van der Waals surface area (Å²) >= 11 is 0. The Morgan fingerprint density at radius 2 is 2.24 bits per heavy atom. The molecule has 1 aliphatic rings. The standard InChI is InChI=1S/C15H26N4O2/c1-10(2)7-8-12-5-4-6-13(12)18-15(20)16-9-14-17-11(3)21-19-14/h10,12-13H,4-9H2,1-3H3,(H2,16,18,20)/t12-,13+/m0/s1. The quantitative estimate of drug-likeness (QED) is 0.845. The molecule has 0 unspecified atom stereocenters. The molecule has 0 radical (unpaired) electrons. The van der Waals surface area contributed by atoms with Gasteiger partial charge in [-0.05, 0) is 31.1 Å². The second-order valence-corrected chi connectivity index (χ2v) is 6.33. The number of amides is 2. The van der Waals surface area contributed by atoms with Crippen molar-refractivity contribution in [1.29, 1.82) is 0 Å². The highest BCUT2D eigenvalue weighted by Crippen LogP contribution is 2.30. The highest BCUT2D eigenvalue weighted by molar-refractivity contribution is 5.74. The number of carbonyl (C=O) groups is 1. The molecule has 1 aromatic rings. The molecule has 6 nitrogen and oxygen atoms in total. The van der Waals surface area contributed by atoms with Crippen LogP contribution in [0.3, 0.4) is 0 Å². The van der Waals surface area contributed by atoms with Crippen LogP contribution in [0.25, 0.3) is 0 Å². The summed E-state index contributed by atoms with van der Waals surface area (Å²) in [5.74, 6) is 2.36. The van der Waals surface area contributed by atoms with Gasteiger partial charge in [-0.2, -0.15) is 4.98 Å². The first-order valence-corrected chi connectivity index (χ1v) is 7.88. The van der Waals surface area contributed by atoms with Crippen LogP contribution < -0.4 is 10.6 Å². The SMILES string of the molecule is Cc1nc(CNC(=O)N[C@@H]2CCC[C@H]2CCC(C)C)no1. The number of nitrogens with zero attached hydrogens (tertiary/aromatic N) is 2. The van der Waals surface area contributed by atoms with Crippen LogP contribution in [0.1, 0.15) is 57.7 Å². The van der Waals surface area contributed by atoms with Gasteiger partial charge in [-0.1, -0.05) is 31.8 Å². The monoisotopic (exact) mass is 294 g/mol. The van der Waals surface area contributed by atoms with Crippen molar-refractivity contribution in [1.82, 2.24) is 20.8 Å². The third-order valence-electron chi connectivity index (χ3n) is 4.07. The second-order valence-electron chi connectivity index (χ2n) is 6.33. The molecule has 1 heterocycles. The van der Waals surface area contributed by atoms with Crippen LogP contribution in [-0.2, 0) is 6.54 Å². The highest BCUT2D eigenvalue weighted by Gasteiger charge is 2.28. The first-order valence-electron chi connectivity index (χ1n) is 7.88. The van der Waals surface area contributed by atoms with Gasteiger partial charge in [0.15, 0.2) is 5.82 Å². The summed E-state index contributed by atoms with van der Waals surface area (Å²) in [6.07, 6.45) is 5.94. The number of urea groups is 1. The van der Waals surface area contributed by atoms with E-state index in [0.29, 0.717) is 30.2 Å². The normalized spacial score (nSPS) is 21.7. The summed E-state index contributed by atoms with van der Waals surface area (Å²) in [5, 5.41) is 9.64. The van der Waals surface area contributed by atoms with Gasteiger partial charge in [-0.3, -0.25) is 0 Å². The molecule has 118 valence electrons. The largest absolute Gasteiger partial charge is 0.340 e. The Bertz CT molecular complexity index is 458. The smallest absolute Gasteiger partial charge is 0.315 e. The van der Waals surface area contributed by atoms with Gasteiger partial charge in [0.05, 0.1) is 6.54 Å². The zero-order valence-electron chi connectivity index (χ0n) is 13.2. The molecule has 1 saturated carbocycles. The van der Waals surface area contributed by atoms with Crippen LogP contribution in [0.5, 0.6) is 0 Å². The first-order chi connectivity index (χ1) is 10.0. The number of hydrogen-bond acceptors (Lipinski definition) is 4. The maximum absolute atomic E-state index is 12.0.